The fourth-order valence-corrected chi connectivity index (χ4v) is 4.07. The molecule has 0 bridgehead atoms. The molecule has 0 radical (unpaired) electrons. The number of sulfonamides is 1. The first-order valence-electron chi connectivity index (χ1n) is 7.49. The SMILES string of the molecule is O=[N+]([O-])c1ccc(S(=O)(=O)Nc2ccc3cc(S(=O)(=O)O)cc(O)c3c2)cc1.[NaH]. The van der Waals surface area contributed by atoms with E-state index in [0.717, 1.165) is 36.4 Å². The molecule has 3 aromatic carbocycles. The molecule has 10 nitrogen and oxygen atoms in total. The second-order valence-electron chi connectivity index (χ2n) is 5.71. The molecule has 3 rings (SSSR count). The quantitative estimate of drug-likeness (QED) is 0.230. The van der Waals surface area contributed by atoms with Crippen molar-refractivity contribution >= 4 is 71.8 Å². The van der Waals surface area contributed by atoms with Crippen LogP contribution in [0.2, 0.25) is 0 Å². The van der Waals surface area contributed by atoms with E-state index in [1.807, 2.05) is 0 Å². The summed E-state index contributed by atoms with van der Waals surface area (Å²) >= 11 is 0. The maximum atomic E-state index is 12.4. The number of nitrogens with one attached hydrogen (secondary N) is 1. The number of rotatable bonds is 5. The zero-order valence-corrected chi connectivity index (χ0v) is 15.4. The molecule has 29 heavy (non-hydrogen) atoms. The first-order valence-corrected chi connectivity index (χ1v) is 10.4. The van der Waals surface area contributed by atoms with E-state index >= 15 is 0 Å². The standard InChI is InChI=1S/C16H12N2O8S2.Na.H/c19-16-9-14(28(24,25)26)7-10-1-2-11(8-15(10)16)17-27(22,23)13-5-3-12(4-6-13)18(20)21;;/h1-9,17,19H,(H,24,25,26);;. The average molecular weight is 448 g/mol. The van der Waals surface area contributed by atoms with E-state index in [2.05, 4.69) is 4.72 Å². The molecule has 0 fully saturated rings. The van der Waals surface area contributed by atoms with Crippen molar-refractivity contribution < 1.29 is 31.4 Å². The summed E-state index contributed by atoms with van der Waals surface area (Å²) in [6.07, 6.45) is 0. The number of phenolic OH excluding ortho intramolecular Hbond substituents is 1. The van der Waals surface area contributed by atoms with Crippen LogP contribution in [0.4, 0.5) is 11.4 Å². The molecule has 0 amide bonds. The van der Waals surface area contributed by atoms with Crippen LogP contribution >= 0.6 is 0 Å². The Morgan fingerprint density at radius 2 is 1.52 bits per heavy atom. The number of benzene rings is 3. The van der Waals surface area contributed by atoms with E-state index < -0.39 is 35.7 Å². The summed E-state index contributed by atoms with van der Waals surface area (Å²) in [6, 6.07) is 10.2. The monoisotopic (exact) mass is 448 g/mol. The van der Waals surface area contributed by atoms with Gasteiger partial charge in [-0.15, -0.1) is 0 Å². The van der Waals surface area contributed by atoms with Crippen LogP contribution < -0.4 is 4.72 Å². The summed E-state index contributed by atoms with van der Waals surface area (Å²) in [5.74, 6) is -0.471. The maximum absolute atomic E-state index is 12.4. The van der Waals surface area contributed by atoms with E-state index in [0.29, 0.717) is 0 Å². The van der Waals surface area contributed by atoms with Crippen molar-refractivity contribution in [2.24, 2.45) is 0 Å². The molecule has 0 heterocycles. The third kappa shape index (κ3) is 5.04. The molecule has 0 atom stereocenters. The van der Waals surface area contributed by atoms with E-state index in [-0.39, 0.29) is 56.6 Å². The van der Waals surface area contributed by atoms with Crippen molar-refractivity contribution in [3.05, 3.63) is 64.7 Å². The topological polar surface area (TPSA) is 164 Å². The predicted molar refractivity (Wildman–Crippen MR) is 106 cm³/mol. The van der Waals surface area contributed by atoms with Gasteiger partial charge < -0.3 is 5.11 Å². The molecule has 3 aromatic rings. The van der Waals surface area contributed by atoms with E-state index in [4.69, 9.17) is 4.55 Å². The van der Waals surface area contributed by atoms with Crippen molar-refractivity contribution in [3.63, 3.8) is 0 Å². The van der Waals surface area contributed by atoms with Crippen LogP contribution in [0.25, 0.3) is 10.8 Å². The van der Waals surface area contributed by atoms with Gasteiger partial charge in [-0.25, -0.2) is 8.42 Å². The van der Waals surface area contributed by atoms with Crippen LogP contribution in [0.1, 0.15) is 0 Å². The molecule has 0 aliphatic heterocycles. The first-order chi connectivity index (χ1) is 13.0. The van der Waals surface area contributed by atoms with Gasteiger partial charge in [-0.2, -0.15) is 8.42 Å². The number of anilines is 1. The Bertz CT molecular complexity index is 1310. The number of nitro groups is 1. The van der Waals surface area contributed by atoms with Gasteiger partial charge in [0.05, 0.1) is 14.7 Å². The number of non-ortho nitro benzene ring substituents is 1. The average Bonchev–Trinajstić information content (AvgIpc) is 2.61. The molecule has 3 N–H and O–H groups in total. The fraction of sp³-hybridized carbons (Fsp3) is 0. The second-order valence-corrected chi connectivity index (χ2v) is 8.81. The Labute approximate surface area is 187 Å². The number of nitrogens with zero attached hydrogens (tertiary/aromatic N) is 1. The zero-order valence-electron chi connectivity index (χ0n) is 13.8. The number of phenols is 1. The van der Waals surface area contributed by atoms with E-state index in [1.54, 1.807) is 0 Å². The second kappa shape index (κ2) is 8.26. The molecule has 0 aromatic heterocycles. The van der Waals surface area contributed by atoms with Crippen molar-refractivity contribution in [2.75, 3.05) is 4.72 Å². The Morgan fingerprint density at radius 1 is 0.897 bits per heavy atom. The van der Waals surface area contributed by atoms with Gasteiger partial charge in [-0.05, 0) is 35.7 Å². The normalized spacial score (nSPS) is 11.6. The van der Waals surface area contributed by atoms with Crippen LogP contribution in [0.15, 0.2) is 64.4 Å². The van der Waals surface area contributed by atoms with Crippen molar-refractivity contribution in [3.8, 4) is 5.75 Å². The third-order valence-corrected chi connectivity index (χ3v) is 6.04. The Hall–Kier alpha value is -2.22. The number of aromatic hydroxyl groups is 1. The minimum atomic E-state index is -4.52. The predicted octanol–water partition coefficient (Wildman–Crippen LogP) is 1.85. The number of nitro benzene ring substituents is 1. The molecular weight excluding hydrogens is 435 g/mol. The van der Waals surface area contributed by atoms with Crippen molar-refractivity contribution in [1.82, 2.24) is 0 Å². The molecule has 13 heteroatoms. The summed E-state index contributed by atoms with van der Waals surface area (Å²) in [5.41, 5.74) is -0.190. The van der Waals surface area contributed by atoms with Crippen molar-refractivity contribution in [1.29, 1.82) is 0 Å². The Kier molecular flexibility index (Phi) is 6.57. The fourth-order valence-electron chi connectivity index (χ4n) is 2.48. The Morgan fingerprint density at radius 3 is 2.07 bits per heavy atom. The molecule has 0 saturated heterocycles. The third-order valence-electron chi connectivity index (χ3n) is 3.81. The summed E-state index contributed by atoms with van der Waals surface area (Å²) < 4.78 is 58.7. The molecule has 148 valence electrons. The molecule has 0 saturated carbocycles. The minimum absolute atomic E-state index is 0. The van der Waals surface area contributed by atoms with Gasteiger partial charge in [0.2, 0.25) is 0 Å². The summed E-state index contributed by atoms with van der Waals surface area (Å²) in [4.78, 5) is 9.30. The van der Waals surface area contributed by atoms with Gasteiger partial charge in [0.15, 0.2) is 0 Å². The van der Waals surface area contributed by atoms with Crippen LogP contribution in [-0.2, 0) is 20.1 Å². The van der Waals surface area contributed by atoms with E-state index in [1.165, 1.54) is 18.2 Å². The van der Waals surface area contributed by atoms with Gasteiger partial charge >= 0.3 is 29.6 Å². The first kappa shape index (κ1) is 23.1. The van der Waals surface area contributed by atoms with E-state index in [9.17, 15) is 32.1 Å². The van der Waals surface area contributed by atoms with Crippen LogP contribution in [0.3, 0.4) is 0 Å². The number of hydrogen-bond acceptors (Lipinski definition) is 7. The van der Waals surface area contributed by atoms with Crippen LogP contribution in [0, 0.1) is 10.1 Å². The summed E-state index contributed by atoms with van der Waals surface area (Å²) in [5, 5.41) is 21.1. The molecule has 0 spiro atoms. The zero-order chi connectivity index (χ0) is 20.7. The van der Waals surface area contributed by atoms with Gasteiger partial charge in [0.1, 0.15) is 5.75 Å². The van der Waals surface area contributed by atoms with Gasteiger partial charge in [-0.1, -0.05) is 6.07 Å². The molecule has 0 aliphatic rings. The molecule has 0 unspecified atom stereocenters. The van der Waals surface area contributed by atoms with Crippen LogP contribution in [0.5, 0.6) is 5.75 Å². The van der Waals surface area contributed by atoms with Gasteiger partial charge in [0, 0.05) is 29.3 Å². The van der Waals surface area contributed by atoms with Gasteiger partial charge in [0.25, 0.3) is 25.8 Å². The number of fused-ring (bicyclic) bond motifs is 1. The molecular formula is C16H13N2NaO8S2. The summed E-state index contributed by atoms with van der Waals surface area (Å²) in [7, 11) is -8.58. The van der Waals surface area contributed by atoms with Crippen molar-refractivity contribution in [2.45, 2.75) is 9.79 Å². The van der Waals surface area contributed by atoms with Gasteiger partial charge in [-0.3, -0.25) is 19.4 Å². The Balaban J connectivity index is 0.00000300. The summed E-state index contributed by atoms with van der Waals surface area (Å²) in [6.45, 7) is 0. The number of hydrogen-bond donors (Lipinski definition) is 3. The van der Waals surface area contributed by atoms with Crippen LogP contribution in [-0.4, -0.2) is 61.0 Å². The molecule has 0 aliphatic carbocycles.